The van der Waals surface area contributed by atoms with Crippen LogP contribution in [0.4, 0.5) is 15.8 Å². The number of esters is 1. The van der Waals surface area contributed by atoms with Crippen molar-refractivity contribution in [2.75, 3.05) is 17.7 Å². The summed E-state index contributed by atoms with van der Waals surface area (Å²) in [6.07, 6.45) is 3.99. The first-order valence-electron chi connectivity index (χ1n) is 8.29. The van der Waals surface area contributed by atoms with Crippen molar-refractivity contribution in [3.63, 3.8) is 0 Å². The highest BCUT2D eigenvalue weighted by molar-refractivity contribution is 6.22. The van der Waals surface area contributed by atoms with Crippen LogP contribution in [-0.2, 0) is 19.1 Å². The van der Waals surface area contributed by atoms with Crippen LogP contribution in [0.25, 0.3) is 6.08 Å². The maximum atomic E-state index is 12.9. The Morgan fingerprint density at radius 3 is 2.14 bits per heavy atom. The van der Waals surface area contributed by atoms with Crippen LogP contribution in [0.15, 0.2) is 66.4 Å². The van der Waals surface area contributed by atoms with Gasteiger partial charge in [0.25, 0.3) is 0 Å². The minimum atomic E-state index is -0.801. The van der Waals surface area contributed by atoms with Gasteiger partial charge in [-0.25, -0.2) is 9.18 Å². The van der Waals surface area contributed by atoms with E-state index in [4.69, 9.17) is 0 Å². The fourth-order valence-corrected chi connectivity index (χ4v) is 2.18. The van der Waals surface area contributed by atoms with E-state index in [1.807, 2.05) is 0 Å². The maximum Gasteiger partial charge on any atom is 0.343 e. The van der Waals surface area contributed by atoms with Gasteiger partial charge in [-0.05, 0) is 48.0 Å². The van der Waals surface area contributed by atoms with Crippen LogP contribution in [0.2, 0.25) is 0 Å². The van der Waals surface area contributed by atoms with Crippen LogP contribution >= 0.6 is 0 Å². The zero-order valence-corrected chi connectivity index (χ0v) is 15.4. The first-order chi connectivity index (χ1) is 13.4. The third kappa shape index (κ3) is 6.21. The largest absolute Gasteiger partial charge is 0.465 e. The Balaban J connectivity index is 2.12. The summed E-state index contributed by atoms with van der Waals surface area (Å²) in [5.74, 6) is -1.94. The van der Waals surface area contributed by atoms with Crippen LogP contribution in [0.5, 0.6) is 0 Å². The Bertz CT molecular complexity index is 916. The number of methoxy groups -OCH3 is 1. The molecule has 0 spiro atoms. The number of hydrogen-bond acceptors (Lipinski definition) is 5. The lowest BCUT2D eigenvalue weighted by molar-refractivity contribution is -0.137. The number of ketones is 1. The van der Waals surface area contributed by atoms with E-state index < -0.39 is 17.6 Å². The second kappa shape index (κ2) is 9.82. The van der Waals surface area contributed by atoms with Crippen molar-refractivity contribution < 1.29 is 23.5 Å². The predicted octanol–water partition coefficient (Wildman–Crippen LogP) is 3.54. The molecule has 0 fully saturated rings. The number of nitrogens with one attached hydrogen (secondary N) is 2. The summed E-state index contributed by atoms with van der Waals surface area (Å²) >= 11 is 0. The molecule has 6 nitrogen and oxygen atoms in total. The van der Waals surface area contributed by atoms with E-state index in [-0.39, 0.29) is 11.5 Å². The van der Waals surface area contributed by atoms with Gasteiger partial charge in [-0.3, -0.25) is 9.59 Å². The summed E-state index contributed by atoms with van der Waals surface area (Å²) in [5, 5.41) is 5.41. The second-order valence-electron chi connectivity index (χ2n) is 5.70. The number of amides is 1. The molecule has 144 valence electrons. The molecule has 0 saturated heterocycles. The van der Waals surface area contributed by atoms with Gasteiger partial charge in [-0.2, -0.15) is 0 Å². The summed E-state index contributed by atoms with van der Waals surface area (Å²) in [6, 6.07) is 12.3. The Hall–Kier alpha value is -3.74. The van der Waals surface area contributed by atoms with Crippen LogP contribution < -0.4 is 10.6 Å². The summed E-state index contributed by atoms with van der Waals surface area (Å²) in [5.41, 5.74) is 1.64. The van der Waals surface area contributed by atoms with Gasteiger partial charge < -0.3 is 15.4 Å². The molecule has 1 amide bonds. The van der Waals surface area contributed by atoms with E-state index in [0.717, 1.165) is 0 Å². The lowest BCUT2D eigenvalue weighted by Crippen LogP contribution is -2.14. The number of benzene rings is 2. The predicted molar refractivity (Wildman–Crippen MR) is 105 cm³/mol. The first-order valence-corrected chi connectivity index (χ1v) is 8.29. The molecule has 0 atom stereocenters. The Morgan fingerprint density at radius 2 is 1.57 bits per heavy atom. The standard InChI is InChI=1S/C21H19FN2O4/c1-14(25)24-18-8-3-15(4-9-18)5-12-20(26)19(21(27)28-2)13-23-17-10-6-16(22)7-11-17/h3-13,23H,1-2H3,(H,24,25). The summed E-state index contributed by atoms with van der Waals surface area (Å²) in [4.78, 5) is 35.3. The highest BCUT2D eigenvalue weighted by Crippen LogP contribution is 2.13. The van der Waals surface area contributed by atoms with Gasteiger partial charge in [0, 0.05) is 24.5 Å². The number of rotatable bonds is 7. The average molecular weight is 382 g/mol. The molecule has 0 saturated carbocycles. The van der Waals surface area contributed by atoms with Crippen molar-refractivity contribution in [2.24, 2.45) is 0 Å². The minimum absolute atomic E-state index is 0.181. The van der Waals surface area contributed by atoms with Gasteiger partial charge in [-0.1, -0.05) is 18.2 Å². The Morgan fingerprint density at radius 1 is 0.964 bits per heavy atom. The van der Waals surface area contributed by atoms with E-state index in [1.165, 1.54) is 56.7 Å². The van der Waals surface area contributed by atoms with Gasteiger partial charge in [-0.15, -0.1) is 0 Å². The van der Waals surface area contributed by atoms with E-state index in [1.54, 1.807) is 24.3 Å². The SMILES string of the molecule is COC(=O)C(=CNc1ccc(F)cc1)C(=O)C=Cc1ccc(NC(C)=O)cc1. The molecule has 0 aliphatic carbocycles. The molecule has 2 N–H and O–H groups in total. The normalized spacial score (nSPS) is 11.2. The molecule has 0 bridgehead atoms. The third-order valence-electron chi connectivity index (χ3n) is 3.56. The fourth-order valence-electron chi connectivity index (χ4n) is 2.18. The summed E-state index contributed by atoms with van der Waals surface area (Å²) < 4.78 is 17.6. The molecule has 0 aliphatic heterocycles. The summed E-state index contributed by atoms with van der Waals surface area (Å²) in [7, 11) is 1.17. The first kappa shape index (κ1) is 20.6. The molecule has 7 heteroatoms. The molecule has 0 unspecified atom stereocenters. The molecule has 0 aliphatic rings. The zero-order chi connectivity index (χ0) is 20.5. The average Bonchev–Trinajstić information content (AvgIpc) is 2.68. The highest BCUT2D eigenvalue weighted by Gasteiger charge is 2.16. The Kier molecular flexibility index (Phi) is 7.21. The van der Waals surface area contributed by atoms with E-state index >= 15 is 0 Å². The highest BCUT2D eigenvalue weighted by atomic mass is 19.1. The van der Waals surface area contributed by atoms with Crippen molar-refractivity contribution in [1.29, 1.82) is 0 Å². The van der Waals surface area contributed by atoms with Gasteiger partial charge in [0.1, 0.15) is 11.4 Å². The lowest BCUT2D eigenvalue weighted by atomic mass is 10.1. The van der Waals surface area contributed by atoms with Crippen LogP contribution in [-0.4, -0.2) is 24.8 Å². The van der Waals surface area contributed by atoms with Gasteiger partial charge in [0.2, 0.25) is 5.91 Å². The molecular formula is C21H19FN2O4. The molecule has 2 aromatic rings. The quantitative estimate of drug-likeness (QED) is 0.331. The number of ether oxygens (including phenoxy) is 1. The van der Waals surface area contributed by atoms with Crippen molar-refractivity contribution in [2.45, 2.75) is 6.92 Å². The van der Waals surface area contributed by atoms with Crippen molar-refractivity contribution in [3.05, 3.63) is 77.8 Å². The smallest absolute Gasteiger partial charge is 0.343 e. The number of anilines is 2. The number of halogens is 1. The second-order valence-corrected chi connectivity index (χ2v) is 5.70. The monoisotopic (exact) mass is 382 g/mol. The van der Waals surface area contributed by atoms with Crippen molar-refractivity contribution in [1.82, 2.24) is 0 Å². The number of carbonyl (C=O) groups excluding carboxylic acids is 3. The molecule has 2 aromatic carbocycles. The topological polar surface area (TPSA) is 84.5 Å². The molecule has 0 heterocycles. The van der Waals surface area contributed by atoms with Crippen molar-refractivity contribution in [3.8, 4) is 0 Å². The Labute approximate surface area is 161 Å². The number of allylic oxidation sites excluding steroid dienone is 1. The zero-order valence-electron chi connectivity index (χ0n) is 15.4. The van der Waals surface area contributed by atoms with Crippen LogP contribution in [0.1, 0.15) is 12.5 Å². The van der Waals surface area contributed by atoms with Gasteiger partial charge in [0.15, 0.2) is 5.78 Å². The van der Waals surface area contributed by atoms with Crippen molar-refractivity contribution >= 4 is 35.1 Å². The third-order valence-corrected chi connectivity index (χ3v) is 3.56. The number of carbonyl (C=O) groups is 3. The summed E-state index contributed by atoms with van der Waals surface area (Å²) in [6.45, 7) is 1.41. The molecule has 28 heavy (non-hydrogen) atoms. The fraction of sp³-hybridized carbons (Fsp3) is 0.0952. The molecule has 2 rings (SSSR count). The minimum Gasteiger partial charge on any atom is -0.465 e. The van der Waals surface area contributed by atoms with E-state index in [9.17, 15) is 18.8 Å². The maximum absolute atomic E-state index is 12.9. The van der Waals surface area contributed by atoms with E-state index in [0.29, 0.717) is 16.9 Å². The molecule has 0 aromatic heterocycles. The lowest BCUT2D eigenvalue weighted by Gasteiger charge is -2.05. The van der Waals surface area contributed by atoms with E-state index in [2.05, 4.69) is 15.4 Å². The van der Waals surface area contributed by atoms with Crippen LogP contribution in [0, 0.1) is 5.82 Å². The van der Waals surface area contributed by atoms with Gasteiger partial charge in [0.05, 0.1) is 7.11 Å². The number of hydrogen-bond donors (Lipinski definition) is 2. The molecule has 0 radical (unpaired) electrons. The van der Waals surface area contributed by atoms with Crippen LogP contribution in [0.3, 0.4) is 0 Å². The molecular weight excluding hydrogens is 363 g/mol. The van der Waals surface area contributed by atoms with Gasteiger partial charge >= 0.3 is 5.97 Å².